The van der Waals surface area contributed by atoms with Crippen molar-refractivity contribution in [2.45, 2.75) is 12.6 Å². The van der Waals surface area contributed by atoms with Crippen molar-refractivity contribution >= 4 is 5.91 Å². The minimum absolute atomic E-state index is 0.0350. The molecular formula is C26H30N4O2. The van der Waals surface area contributed by atoms with Gasteiger partial charge in [0.1, 0.15) is 5.75 Å². The lowest BCUT2D eigenvalue weighted by Gasteiger charge is -2.34. The first-order valence-electron chi connectivity index (χ1n) is 11.0. The van der Waals surface area contributed by atoms with Crippen LogP contribution >= 0.6 is 0 Å². The Balaban J connectivity index is 1.34. The van der Waals surface area contributed by atoms with Crippen molar-refractivity contribution in [2.75, 3.05) is 39.8 Å². The van der Waals surface area contributed by atoms with E-state index in [-0.39, 0.29) is 11.9 Å². The molecule has 6 heteroatoms. The molecule has 2 heterocycles. The van der Waals surface area contributed by atoms with Gasteiger partial charge in [0, 0.05) is 38.9 Å². The second kappa shape index (κ2) is 10.9. The fraction of sp³-hybridized carbons (Fsp3) is 0.308. The maximum atomic E-state index is 13.0. The fourth-order valence-electron chi connectivity index (χ4n) is 4.04. The van der Waals surface area contributed by atoms with E-state index in [1.54, 1.807) is 7.11 Å². The zero-order valence-corrected chi connectivity index (χ0v) is 18.5. The lowest BCUT2D eigenvalue weighted by Crippen LogP contribution is -2.49. The van der Waals surface area contributed by atoms with E-state index in [4.69, 9.17) is 4.74 Å². The summed E-state index contributed by atoms with van der Waals surface area (Å²) in [4.78, 5) is 22.0. The molecule has 1 fully saturated rings. The summed E-state index contributed by atoms with van der Waals surface area (Å²) < 4.78 is 5.28. The minimum atomic E-state index is -0.194. The quantitative estimate of drug-likeness (QED) is 0.595. The molecule has 2 aromatic carbocycles. The van der Waals surface area contributed by atoms with Gasteiger partial charge >= 0.3 is 0 Å². The normalized spacial score (nSPS) is 15.8. The van der Waals surface area contributed by atoms with Crippen molar-refractivity contribution in [3.8, 4) is 5.75 Å². The molecule has 1 N–H and O–H groups in total. The average Bonchev–Trinajstić information content (AvgIpc) is 2.85. The zero-order chi connectivity index (χ0) is 22.2. The number of nitrogens with one attached hydrogen (secondary N) is 1. The predicted molar refractivity (Wildman–Crippen MR) is 125 cm³/mol. The number of pyridine rings is 1. The number of hydrogen-bond donors (Lipinski definition) is 1. The van der Waals surface area contributed by atoms with Gasteiger partial charge in [0.25, 0.3) is 0 Å². The number of benzene rings is 2. The molecule has 3 aromatic rings. The van der Waals surface area contributed by atoms with E-state index in [1.165, 1.54) is 0 Å². The highest BCUT2D eigenvalue weighted by atomic mass is 16.5. The number of carbonyl (C=O) groups is 1. The Morgan fingerprint density at radius 2 is 1.56 bits per heavy atom. The van der Waals surface area contributed by atoms with Gasteiger partial charge in [-0.05, 0) is 35.4 Å². The minimum Gasteiger partial charge on any atom is -0.497 e. The summed E-state index contributed by atoms with van der Waals surface area (Å²) in [5.74, 6) is 0.836. The number of ether oxygens (including phenoxy) is 1. The van der Waals surface area contributed by atoms with Crippen LogP contribution in [0.1, 0.15) is 22.9 Å². The van der Waals surface area contributed by atoms with Crippen molar-refractivity contribution in [3.05, 3.63) is 95.8 Å². The highest BCUT2D eigenvalue weighted by Gasteiger charge is 2.22. The topological polar surface area (TPSA) is 57.7 Å². The Morgan fingerprint density at radius 1 is 0.906 bits per heavy atom. The summed E-state index contributed by atoms with van der Waals surface area (Å²) in [6, 6.07) is 23.8. The first-order chi connectivity index (χ1) is 15.7. The van der Waals surface area contributed by atoms with Crippen LogP contribution in [0, 0.1) is 0 Å². The van der Waals surface area contributed by atoms with E-state index in [1.807, 2.05) is 72.9 Å². The first-order valence-corrected chi connectivity index (χ1v) is 11.0. The van der Waals surface area contributed by atoms with Crippen LogP contribution < -0.4 is 10.1 Å². The van der Waals surface area contributed by atoms with Crippen LogP contribution in [0.2, 0.25) is 0 Å². The maximum absolute atomic E-state index is 13.0. The van der Waals surface area contributed by atoms with Gasteiger partial charge in [0.2, 0.25) is 5.91 Å². The number of rotatable bonds is 8. The van der Waals surface area contributed by atoms with Gasteiger partial charge in [-0.25, -0.2) is 0 Å². The van der Waals surface area contributed by atoms with E-state index in [9.17, 15) is 4.79 Å². The summed E-state index contributed by atoms with van der Waals surface area (Å²) in [6.07, 6.45) is 1.84. The van der Waals surface area contributed by atoms with Crippen LogP contribution in [0.15, 0.2) is 79.0 Å². The number of carbonyl (C=O) groups excluding carboxylic acids is 1. The van der Waals surface area contributed by atoms with Crippen LogP contribution in [-0.2, 0) is 11.3 Å². The molecular weight excluding hydrogens is 400 g/mol. The molecule has 32 heavy (non-hydrogen) atoms. The molecule has 0 unspecified atom stereocenters. The van der Waals surface area contributed by atoms with Crippen molar-refractivity contribution in [3.63, 3.8) is 0 Å². The summed E-state index contributed by atoms with van der Waals surface area (Å²) in [6.45, 7) is 4.87. The monoisotopic (exact) mass is 430 g/mol. The van der Waals surface area contributed by atoms with Crippen LogP contribution in [-0.4, -0.2) is 60.5 Å². The van der Waals surface area contributed by atoms with Gasteiger partial charge in [0.15, 0.2) is 0 Å². The van der Waals surface area contributed by atoms with E-state index in [0.29, 0.717) is 6.54 Å². The van der Waals surface area contributed by atoms with Crippen molar-refractivity contribution < 1.29 is 9.53 Å². The molecule has 1 aliphatic rings. The van der Waals surface area contributed by atoms with Gasteiger partial charge in [-0.2, -0.15) is 0 Å². The SMILES string of the molecule is COc1ccc([C@H](NC(=O)CN2CCN(Cc3ccccn3)CC2)c2ccccc2)cc1. The summed E-state index contributed by atoms with van der Waals surface area (Å²) in [7, 11) is 1.65. The van der Waals surface area contributed by atoms with Gasteiger partial charge in [-0.15, -0.1) is 0 Å². The van der Waals surface area contributed by atoms with Crippen LogP contribution in [0.3, 0.4) is 0 Å². The summed E-state index contributed by atoms with van der Waals surface area (Å²) >= 11 is 0. The maximum Gasteiger partial charge on any atom is 0.234 e. The average molecular weight is 431 g/mol. The van der Waals surface area contributed by atoms with Crippen LogP contribution in [0.4, 0.5) is 0 Å². The molecule has 0 saturated carbocycles. The molecule has 1 amide bonds. The van der Waals surface area contributed by atoms with Crippen LogP contribution in [0.5, 0.6) is 5.75 Å². The van der Waals surface area contributed by atoms with Crippen molar-refractivity contribution in [1.82, 2.24) is 20.1 Å². The molecule has 166 valence electrons. The smallest absolute Gasteiger partial charge is 0.234 e. The predicted octanol–water partition coefficient (Wildman–Crippen LogP) is 3.11. The first kappa shape index (κ1) is 22.0. The van der Waals surface area contributed by atoms with E-state index in [2.05, 4.69) is 26.2 Å². The molecule has 1 aliphatic heterocycles. The Labute approximate surface area is 189 Å². The molecule has 6 nitrogen and oxygen atoms in total. The van der Waals surface area contributed by atoms with E-state index >= 15 is 0 Å². The molecule has 1 aromatic heterocycles. The van der Waals surface area contributed by atoms with Crippen molar-refractivity contribution in [1.29, 1.82) is 0 Å². The Kier molecular flexibility index (Phi) is 7.48. The molecule has 1 atom stereocenters. The van der Waals surface area contributed by atoms with E-state index in [0.717, 1.165) is 55.3 Å². The summed E-state index contributed by atoms with van der Waals surface area (Å²) in [5, 5.41) is 3.24. The van der Waals surface area contributed by atoms with Crippen LogP contribution in [0.25, 0.3) is 0 Å². The third-order valence-corrected chi connectivity index (χ3v) is 5.83. The van der Waals surface area contributed by atoms with E-state index < -0.39 is 0 Å². The number of nitrogens with zero attached hydrogens (tertiary/aromatic N) is 3. The largest absolute Gasteiger partial charge is 0.497 e. The summed E-state index contributed by atoms with van der Waals surface area (Å²) in [5.41, 5.74) is 3.18. The number of piperazine rings is 1. The molecule has 1 saturated heterocycles. The number of hydrogen-bond acceptors (Lipinski definition) is 5. The Morgan fingerprint density at radius 3 is 2.22 bits per heavy atom. The van der Waals surface area contributed by atoms with Crippen molar-refractivity contribution in [2.24, 2.45) is 0 Å². The second-order valence-electron chi connectivity index (χ2n) is 8.06. The standard InChI is InChI=1S/C26H30N4O2/c1-32-24-12-10-22(11-13-24)26(21-7-3-2-4-8-21)28-25(31)20-30-17-15-29(16-18-30)19-23-9-5-6-14-27-23/h2-14,26H,15-20H2,1H3,(H,28,31)/t26-/m1/s1. The lowest BCUT2D eigenvalue weighted by atomic mass is 9.98. The second-order valence-corrected chi connectivity index (χ2v) is 8.06. The lowest BCUT2D eigenvalue weighted by molar-refractivity contribution is -0.123. The molecule has 0 aliphatic carbocycles. The highest BCUT2D eigenvalue weighted by molar-refractivity contribution is 5.79. The highest BCUT2D eigenvalue weighted by Crippen LogP contribution is 2.24. The third kappa shape index (κ3) is 5.93. The van der Waals surface area contributed by atoms with Gasteiger partial charge in [-0.3, -0.25) is 19.6 Å². The number of methoxy groups -OCH3 is 1. The number of amides is 1. The molecule has 0 radical (unpaired) electrons. The molecule has 0 spiro atoms. The molecule has 4 rings (SSSR count). The van der Waals surface area contributed by atoms with Gasteiger partial charge in [-0.1, -0.05) is 48.5 Å². The molecule has 0 bridgehead atoms. The fourth-order valence-corrected chi connectivity index (χ4v) is 4.04. The van der Waals surface area contributed by atoms with Gasteiger partial charge in [0.05, 0.1) is 25.4 Å². The Hall–Kier alpha value is -3.22. The third-order valence-electron chi connectivity index (χ3n) is 5.83. The zero-order valence-electron chi connectivity index (χ0n) is 18.5. The van der Waals surface area contributed by atoms with Gasteiger partial charge < -0.3 is 10.1 Å². The Bertz CT molecular complexity index is 972. The number of aromatic nitrogens is 1.